The van der Waals surface area contributed by atoms with Crippen molar-refractivity contribution >= 4 is 17.6 Å². The summed E-state index contributed by atoms with van der Waals surface area (Å²) in [6, 6.07) is 6.52. The molecule has 70 valence electrons. The largest absolute Gasteiger partial charge is 0.481 e. The first-order chi connectivity index (χ1) is 6.09. The Balaban J connectivity index is 2.76. The summed E-state index contributed by atoms with van der Waals surface area (Å²) < 4.78 is 0. The number of rotatable bonds is 3. The highest BCUT2D eigenvalue weighted by atomic mass is 35.5. The summed E-state index contributed by atoms with van der Waals surface area (Å²) in [7, 11) is 0. The highest BCUT2D eigenvalue weighted by Crippen LogP contribution is 2.19. The lowest BCUT2D eigenvalue weighted by atomic mass is 10.1. The van der Waals surface area contributed by atoms with Crippen LogP contribution in [0.5, 0.6) is 0 Å². The first kappa shape index (κ1) is 10.0. The molecule has 2 N–H and O–H groups in total. The third kappa shape index (κ3) is 3.05. The quantitative estimate of drug-likeness (QED) is 0.783. The molecule has 1 atom stereocenters. The van der Waals surface area contributed by atoms with E-state index in [0.717, 1.165) is 0 Å². The zero-order valence-electron chi connectivity index (χ0n) is 6.77. The van der Waals surface area contributed by atoms with Crippen molar-refractivity contribution in [2.75, 3.05) is 0 Å². The summed E-state index contributed by atoms with van der Waals surface area (Å²) in [6.45, 7) is 0. The lowest BCUT2D eigenvalue weighted by Gasteiger charge is -2.07. The van der Waals surface area contributed by atoms with E-state index in [1.165, 1.54) is 0 Å². The molecule has 0 radical (unpaired) electrons. The third-order valence-electron chi connectivity index (χ3n) is 1.60. The number of carbonyl (C=O) groups is 1. The summed E-state index contributed by atoms with van der Waals surface area (Å²) in [5.74, 6) is -1.03. The maximum absolute atomic E-state index is 10.3. The predicted octanol–water partition coefficient (Wildman–Crippen LogP) is 1.85. The molecule has 0 aliphatic heterocycles. The van der Waals surface area contributed by atoms with Gasteiger partial charge in [0, 0.05) is 5.02 Å². The fourth-order valence-electron chi connectivity index (χ4n) is 0.997. The SMILES string of the molecule is O=C(O)CC(O)c1cccc(Cl)c1. The van der Waals surface area contributed by atoms with Crippen molar-refractivity contribution in [3.8, 4) is 0 Å². The summed E-state index contributed by atoms with van der Waals surface area (Å²) in [5.41, 5.74) is 0.523. The smallest absolute Gasteiger partial charge is 0.306 e. The second kappa shape index (κ2) is 4.25. The Kier molecular flexibility index (Phi) is 3.28. The summed E-state index contributed by atoms with van der Waals surface area (Å²) in [5, 5.41) is 18.3. The Morgan fingerprint density at radius 2 is 2.23 bits per heavy atom. The lowest BCUT2D eigenvalue weighted by Crippen LogP contribution is -2.05. The molecule has 0 aliphatic rings. The molecule has 1 rings (SSSR count). The molecule has 13 heavy (non-hydrogen) atoms. The Hall–Kier alpha value is -1.06. The molecule has 0 aromatic heterocycles. The molecule has 0 fully saturated rings. The van der Waals surface area contributed by atoms with Crippen molar-refractivity contribution in [3.63, 3.8) is 0 Å². The van der Waals surface area contributed by atoms with Gasteiger partial charge in [0.25, 0.3) is 0 Å². The molecular weight excluding hydrogens is 192 g/mol. The highest BCUT2D eigenvalue weighted by Gasteiger charge is 2.11. The van der Waals surface area contributed by atoms with Crippen LogP contribution >= 0.6 is 11.6 Å². The number of hydrogen-bond acceptors (Lipinski definition) is 2. The Labute approximate surface area is 80.6 Å². The van der Waals surface area contributed by atoms with Crippen molar-refractivity contribution in [2.24, 2.45) is 0 Å². The fraction of sp³-hybridized carbons (Fsp3) is 0.222. The van der Waals surface area contributed by atoms with Gasteiger partial charge in [-0.05, 0) is 17.7 Å². The fourth-order valence-corrected chi connectivity index (χ4v) is 1.20. The minimum Gasteiger partial charge on any atom is -0.481 e. The highest BCUT2D eigenvalue weighted by molar-refractivity contribution is 6.30. The van der Waals surface area contributed by atoms with E-state index in [9.17, 15) is 9.90 Å². The molecule has 1 aromatic rings. The first-order valence-corrected chi connectivity index (χ1v) is 4.12. The molecule has 0 saturated heterocycles. The molecule has 1 aromatic carbocycles. The van der Waals surface area contributed by atoms with Gasteiger partial charge in [-0.1, -0.05) is 23.7 Å². The lowest BCUT2D eigenvalue weighted by molar-refractivity contribution is -0.139. The maximum Gasteiger partial charge on any atom is 0.306 e. The number of aliphatic carboxylic acids is 1. The van der Waals surface area contributed by atoms with Gasteiger partial charge in [-0.2, -0.15) is 0 Å². The predicted molar refractivity (Wildman–Crippen MR) is 48.7 cm³/mol. The summed E-state index contributed by atoms with van der Waals surface area (Å²) >= 11 is 5.67. The number of carboxylic acid groups (broad SMARTS) is 1. The number of aliphatic hydroxyl groups is 1. The topological polar surface area (TPSA) is 57.5 Å². The first-order valence-electron chi connectivity index (χ1n) is 3.75. The van der Waals surface area contributed by atoms with Crippen LogP contribution in [0, 0.1) is 0 Å². The number of hydrogen-bond donors (Lipinski definition) is 2. The van der Waals surface area contributed by atoms with Crippen molar-refractivity contribution in [1.29, 1.82) is 0 Å². The minimum absolute atomic E-state index is 0.305. The maximum atomic E-state index is 10.3. The van der Waals surface area contributed by atoms with E-state index in [0.29, 0.717) is 10.6 Å². The van der Waals surface area contributed by atoms with E-state index >= 15 is 0 Å². The molecule has 0 amide bonds. The Morgan fingerprint density at radius 1 is 1.54 bits per heavy atom. The van der Waals surface area contributed by atoms with Crippen LogP contribution in [0.4, 0.5) is 0 Å². The molecule has 0 saturated carbocycles. The summed E-state index contributed by atoms with van der Waals surface area (Å²) in [6.07, 6.45) is -1.29. The van der Waals surface area contributed by atoms with Crippen molar-refractivity contribution in [2.45, 2.75) is 12.5 Å². The molecular formula is C9H9ClO3. The van der Waals surface area contributed by atoms with E-state index in [1.807, 2.05) is 0 Å². The van der Waals surface area contributed by atoms with Crippen LogP contribution in [-0.2, 0) is 4.79 Å². The number of carboxylic acids is 1. The average Bonchev–Trinajstić information content (AvgIpc) is 2.03. The molecule has 0 bridgehead atoms. The summed E-state index contributed by atoms with van der Waals surface area (Å²) in [4.78, 5) is 10.3. The van der Waals surface area contributed by atoms with Gasteiger partial charge in [0.1, 0.15) is 0 Å². The van der Waals surface area contributed by atoms with Gasteiger partial charge in [-0.15, -0.1) is 0 Å². The van der Waals surface area contributed by atoms with E-state index < -0.39 is 12.1 Å². The van der Waals surface area contributed by atoms with Gasteiger partial charge in [-0.3, -0.25) is 4.79 Å². The molecule has 4 heteroatoms. The van der Waals surface area contributed by atoms with Crippen molar-refractivity contribution in [1.82, 2.24) is 0 Å². The number of aliphatic hydroxyl groups excluding tert-OH is 1. The van der Waals surface area contributed by atoms with Crippen LogP contribution in [0.1, 0.15) is 18.1 Å². The Bertz CT molecular complexity index is 311. The molecule has 1 unspecified atom stereocenters. The van der Waals surface area contributed by atoms with Gasteiger partial charge in [0.05, 0.1) is 12.5 Å². The number of benzene rings is 1. The van der Waals surface area contributed by atoms with Crippen molar-refractivity contribution < 1.29 is 15.0 Å². The number of halogens is 1. The van der Waals surface area contributed by atoms with Crippen molar-refractivity contribution in [3.05, 3.63) is 34.9 Å². The van der Waals surface area contributed by atoms with E-state index in [4.69, 9.17) is 16.7 Å². The standard InChI is InChI=1S/C9H9ClO3/c10-7-3-1-2-6(4-7)8(11)5-9(12)13/h1-4,8,11H,5H2,(H,12,13). The van der Waals surface area contributed by atoms with E-state index in [2.05, 4.69) is 0 Å². The van der Waals surface area contributed by atoms with Crippen LogP contribution in [0.2, 0.25) is 5.02 Å². The van der Waals surface area contributed by atoms with Gasteiger partial charge in [0.15, 0.2) is 0 Å². The van der Waals surface area contributed by atoms with Gasteiger partial charge < -0.3 is 10.2 Å². The molecule has 0 spiro atoms. The zero-order valence-corrected chi connectivity index (χ0v) is 7.53. The zero-order chi connectivity index (χ0) is 9.84. The van der Waals surface area contributed by atoms with Crippen LogP contribution in [0.15, 0.2) is 24.3 Å². The van der Waals surface area contributed by atoms with E-state index in [-0.39, 0.29) is 6.42 Å². The second-order valence-electron chi connectivity index (χ2n) is 2.67. The average molecular weight is 201 g/mol. The minimum atomic E-state index is -1.03. The van der Waals surface area contributed by atoms with E-state index in [1.54, 1.807) is 24.3 Å². The van der Waals surface area contributed by atoms with Crippen LogP contribution in [0.25, 0.3) is 0 Å². The molecule has 0 heterocycles. The normalized spacial score (nSPS) is 12.5. The third-order valence-corrected chi connectivity index (χ3v) is 1.84. The molecule has 0 aliphatic carbocycles. The second-order valence-corrected chi connectivity index (χ2v) is 3.11. The van der Waals surface area contributed by atoms with Crippen LogP contribution in [0.3, 0.4) is 0 Å². The van der Waals surface area contributed by atoms with Gasteiger partial charge in [-0.25, -0.2) is 0 Å². The van der Waals surface area contributed by atoms with Gasteiger partial charge in [0.2, 0.25) is 0 Å². The van der Waals surface area contributed by atoms with Gasteiger partial charge >= 0.3 is 5.97 Å². The van der Waals surface area contributed by atoms with Crippen LogP contribution < -0.4 is 0 Å². The van der Waals surface area contributed by atoms with Crippen LogP contribution in [-0.4, -0.2) is 16.2 Å². The Morgan fingerprint density at radius 3 is 2.77 bits per heavy atom. The monoisotopic (exact) mass is 200 g/mol. The molecule has 3 nitrogen and oxygen atoms in total.